The highest BCUT2D eigenvalue weighted by atomic mass is 35.5. The first kappa shape index (κ1) is 14.9. The maximum atomic E-state index is 12.4. The summed E-state index contributed by atoms with van der Waals surface area (Å²) in [5, 5.41) is 0.552. The van der Waals surface area contributed by atoms with Crippen molar-refractivity contribution in [2.24, 2.45) is 0 Å². The molecule has 0 aliphatic heterocycles. The topological polar surface area (TPSA) is 46.2 Å². The van der Waals surface area contributed by atoms with E-state index in [4.69, 9.17) is 11.6 Å². The minimum atomic E-state index is -3.60. The van der Waals surface area contributed by atoms with Gasteiger partial charge in [0.25, 0.3) is 10.0 Å². The number of nitrogens with one attached hydrogen (secondary N) is 1. The Kier molecular flexibility index (Phi) is 4.06. The number of hydrogen-bond donors (Lipinski definition) is 1. The average Bonchev–Trinajstić information content (AvgIpc) is 2.38. The van der Waals surface area contributed by atoms with E-state index in [2.05, 4.69) is 4.72 Å². The summed E-state index contributed by atoms with van der Waals surface area (Å²) in [5.41, 5.74) is 3.28. The molecule has 20 heavy (non-hydrogen) atoms. The van der Waals surface area contributed by atoms with Crippen LogP contribution in [-0.4, -0.2) is 8.42 Å². The summed E-state index contributed by atoms with van der Waals surface area (Å²) in [6.45, 7) is 5.61. The van der Waals surface area contributed by atoms with Gasteiger partial charge in [0.05, 0.1) is 10.6 Å². The van der Waals surface area contributed by atoms with E-state index >= 15 is 0 Å². The van der Waals surface area contributed by atoms with Gasteiger partial charge in [-0.2, -0.15) is 0 Å². The number of hydrogen-bond acceptors (Lipinski definition) is 2. The van der Waals surface area contributed by atoms with Crippen molar-refractivity contribution in [2.75, 3.05) is 4.72 Å². The van der Waals surface area contributed by atoms with Gasteiger partial charge in [-0.1, -0.05) is 23.7 Å². The fourth-order valence-electron chi connectivity index (χ4n) is 1.85. The quantitative estimate of drug-likeness (QED) is 0.929. The van der Waals surface area contributed by atoms with Crippen molar-refractivity contribution in [3.8, 4) is 0 Å². The van der Waals surface area contributed by atoms with Gasteiger partial charge in [0.15, 0.2) is 0 Å². The molecule has 0 bridgehead atoms. The lowest BCUT2D eigenvalue weighted by atomic mass is 10.1. The predicted molar refractivity (Wildman–Crippen MR) is 82.9 cm³/mol. The van der Waals surface area contributed by atoms with Crippen molar-refractivity contribution in [3.63, 3.8) is 0 Å². The van der Waals surface area contributed by atoms with E-state index in [0.29, 0.717) is 10.7 Å². The third kappa shape index (κ3) is 2.97. The largest absolute Gasteiger partial charge is 0.279 e. The molecule has 0 aliphatic rings. The highest BCUT2D eigenvalue weighted by Crippen LogP contribution is 2.24. The van der Waals surface area contributed by atoms with Crippen LogP contribution in [0.2, 0.25) is 5.02 Å². The molecule has 0 saturated carbocycles. The van der Waals surface area contributed by atoms with Crippen LogP contribution in [0.5, 0.6) is 0 Å². The van der Waals surface area contributed by atoms with Crippen LogP contribution in [0.25, 0.3) is 0 Å². The summed E-state index contributed by atoms with van der Waals surface area (Å²) in [6, 6.07) is 10.2. The van der Waals surface area contributed by atoms with E-state index in [1.807, 2.05) is 26.0 Å². The van der Waals surface area contributed by atoms with Crippen LogP contribution in [-0.2, 0) is 10.0 Å². The van der Waals surface area contributed by atoms with Gasteiger partial charge in [-0.05, 0) is 61.7 Å². The van der Waals surface area contributed by atoms with E-state index in [1.54, 1.807) is 25.1 Å². The van der Waals surface area contributed by atoms with E-state index in [-0.39, 0.29) is 4.90 Å². The molecule has 0 radical (unpaired) electrons. The summed E-state index contributed by atoms with van der Waals surface area (Å²) in [5.74, 6) is 0. The Labute approximate surface area is 124 Å². The molecule has 2 rings (SSSR count). The van der Waals surface area contributed by atoms with Crippen LogP contribution in [0.1, 0.15) is 16.7 Å². The lowest BCUT2D eigenvalue weighted by molar-refractivity contribution is 0.601. The lowest BCUT2D eigenvalue weighted by Gasteiger charge is -2.12. The first-order valence-electron chi connectivity index (χ1n) is 6.16. The number of sulfonamides is 1. The molecule has 0 aliphatic carbocycles. The third-order valence-corrected chi connectivity index (χ3v) is 5.08. The molecular formula is C15H16ClNO2S. The molecule has 0 saturated heterocycles. The minimum Gasteiger partial charge on any atom is -0.279 e. The Morgan fingerprint density at radius 3 is 2.35 bits per heavy atom. The Morgan fingerprint density at radius 2 is 1.70 bits per heavy atom. The Morgan fingerprint density at radius 1 is 1.00 bits per heavy atom. The predicted octanol–water partition coefficient (Wildman–Crippen LogP) is 4.07. The van der Waals surface area contributed by atoms with Crippen molar-refractivity contribution >= 4 is 27.3 Å². The van der Waals surface area contributed by atoms with Gasteiger partial charge in [0, 0.05) is 5.02 Å². The zero-order chi connectivity index (χ0) is 14.9. The molecular weight excluding hydrogens is 294 g/mol. The highest BCUT2D eigenvalue weighted by Gasteiger charge is 2.16. The van der Waals surface area contributed by atoms with Crippen molar-refractivity contribution in [1.82, 2.24) is 0 Å². The normalized spacial score (nSPS) is 11.4. The van der Waals surface area contributed by atoms with Crippen LogP contribution in [0, 0.1) is 20.8 Å². The van der Waals surface area contributed by atoms with E-state index in [9.17, 15) is 8.42 Å². The van der Waals surface area contributed by atoms with Crippen LogP contribution in [0.3, 0.4) is 0 Å². The molecule has 106 valence electrons. The zero-order valence-electron chi connectivity index (χ0n) is 11.6. The van der Waals surface area contributed by atoms with E-state index in [1.165, 1.54) is 6.07 Å². The SMILES string of the molecule is Cc1cc(S(=O)(=O)Nc2cccc(C)c2C)ccc1Cl. The second kappa shape index (κ2) is 5.46. The maximum Gasteiger partial charge on any atom is 0.261 e. The van der Waals surface area contributed by atoms with Gasteiger partial charge >= 0.3 is 0 Å². The van der Waals surface area contributed by atoms with Crippen molar-refractivity contribution in [1.29, 1.82) is 0 Å². The Hall–Kier alpha value is -1.52. The van der Waals surface area contributed by atoms with Gasteiger partial charge in [-0.25, -0.2) is 8.42 Å². The number of benzene rings is 2. The summed E-state index contributed by atoms with van der Waals surface area (Å²) in [7, 11) is -3.60. The number of anilines is 1. The van der Waals surface area contributed by atoms with Gasteiger partial charge in [-0.15, -0.1) is 0 Å². The van der Waals surface area contributed by atoms with Crippen molar-refractivity contribution in [3.05, 3.63) is 58.1 Å². The number of rotatable bonds is 3. The van der Waals surface area contributed by atoms with E-state index in [0.717, 1.165) is 16.7 Å². The molecule has 2 aromatic rings. The smallest absolute Gasteiger partial charge is 0.261 e. The standard InChI is InChI=1S/C15H16ClNO2S/c1-10-5-4-6-15(12(10)3)17-20(18,19)13-7-8-14(16)11(2)9-13/h4-9,17H,1-3H3. The first-order chi connectivity index (χ1) is 9.31. The van der Waals surface area contributed by atoms with Gasteiger partial charge < -0.3 is 0 Å². The van der Waals surface area contributed by atoms with Gasteiger partial charge in [0.1, 0.15) is 0 Å². The van der Waals surface area contributed by atoms with Crippen LogP contribution in [0.4, 0.5) is 5.69 Å². The van der Waals surface area contributed by atoms with Crippen LogP contribution in [0.15, 0.2) is 41.3 Å². The molecule has 3 nitrogen and oxygen atoms in total. The van der Waals surface area contributed by atoms with Crippen LogP contribution < -0.4 is 4.72 Å². The van der Waals surface area contributed by atoms with Crippen molar-refractivity contribution < 1.29 is 8.42 Å². The lowest BCUT2D eigenvalue weighted by Crippen LogP contribution is -2.14. The van der Waals surface area contributed by atoms with Gasteiger partial charge in [0.2, 0.25) is 0 Å². The Balaban J connectivity index is 2.41. The average molecular weight is 310 g/mol. The second-order valence-electron chi connectivity index (χ2n) is 4.76. The number of halogens is 1. The summed E-state index contributed by atoms with van der Waals surface area (Å²) in [4.78, 5) is 0.209. The summed E-state index contributed by atoms with van der Waals surface area (Å²) < 4.78 is 27.4. The molecule has 1 N–H and O–H groups in total. The monoisotopic (exact) mass is 309 g/mol. The molecule has 0 spiro atoms. The first-order valence-corrected chi connectivity index (χ1v) is 8.02. The molecule has 0 fully saturated rings. The zero-order valence-corrected chi connectivity index (χ0v) is 13.1. The highest BCUT2D eigenvalue weighted by molar-refractivity contribution is 7.92. The third-order valence-electron chi connectivity index (χ3n) is 3.29. The van der Waals surface area contributed by atoms with Gasteiger partial charge in [-0.3, -0.25) is 4.72 Å². The fourth-order valence-corrected chi connectivity index (χ4v) is 3.17. The van der Waals surface area contributed by atoms with E-state index < -0.39 is 10.0 Å². The van der Waals surface area contributed by atoms with Crippen LogP contribution >= 0.6 is 11.6 Å². The van der Waals surface area contributed by atoms with Crippen molar-refractivity contribution in [2.45, 2.75) is 25.7 Å². The number of aryl methyl sites for hydroxylation is 2. The molecule has 2 aromatic carbocycles. The molecule has 0 atom stereocenters. The maximum absolute atomic E-state index is 12.4. The molecule has 0 unspecified atom stereocenters. The fraction of sp³-hybridized carbons (Fsp3) is 0.200. The molecule has 5 heteroatoms. The second-order valence-corrected chi connectivity index (χ2v) is 6.85. The molecule has 0 heterocycles. The minimum absolute atomic E-state index is 0.209. The summed E-state index contributed by atoms with van der Waals surface area (Å²) >= 11 is 5.92. The molecule has 0 amide bonds. The summed E-state index contributed by atoms with van der Waals surface area (Å²) in [6.07, 6.45) is 0. The molecule has 0 aromatic heterocycles. The Bertz CT molecular complexity index is 754.